The van der Waals surface area contributed by atoms with Gasteiger partial charge in [-0.15, -0.1) is 11.6 Å². The van der Waals surface area contributed by atoms with E-state index in [0.29, 0.717) is 22.5 Å². The molecule has 0 atom stereocenters. The fraction of sp³-hybridized carbons (Fsp3) is 0.0714. The number of benzene rings is 2. The molecule has 0 fully saturated rings. The van der Waals surface area contributed by atoms with Crippen molar-refractivity contribution >= 4 is 22.6 Å². The van der Waals surface area contributed by atoms with Crippen molar-refractivity contribution in [3.05, 3.63) is 59.9 Å². The highest BCUT2D eigenvalue weighted by molar-refractivity contribution is 6.17. The van der Waals surface area contributed by atoms with Crippen LogP contribution in [0.4, 0.5) is 8.78 Å². The lowest BCUT2D eigenvalue weighted by atomic mass is 10.2. The molecule has 2 nitrogen and oxygen atoms in total. The molecule has 96 valence electrons. The monoisotopic (exact) mass is 278 g/mol. The van der Waals surface area contributed by atoms with Gasteiger partial charge >= 0.3 is 0 Å². The van der Waals surface area contributed by atoms with E-state index in [1.807, 2.05) is 0 Å². The molecule has 0 saturated carbocycles. The van der Waals surface area contributed by atoms with Crippen LogP contribution in [0, 0.1) is 11.6 Å². The van der Waals surface area contributed by atoms with Crippen LogP contribution in [-0.4, -0.2) is 9.55 Å². The van der Waals surface area contributed by atoms with Crippen molar-refractivity contribution in [3.8, 4) is 5.69 Å². The van der Waals surface area contributed by atoms with Crippen molar-refractivity contribution in [1.82, 2.24) is 9.55 Å². The molecule has 0 radical (unpaired) electrons. The molecule has 3 rings (SSSR count). The first kappa shape index (κ1) is 12.1. The minimum Gasteiger partial charge on any atom is -0.295 e. The van der Waals surface area contributed by atoms with E-state index < -0.39 is 0 Å². The first-order valence-electron chi connectivity index (χ1n) is 5.68. The van der Waals surface area contributed by atoms with Crippen molar-refractivity contribution < 1.29 is 8.78 Å². The Labute approximate surface area is 113 Å². The highest BCUT2D eigenvalue weighted by Gasteiger charge is 2.12. The van der Waals surface area contributed by atoms with E-state index in [1.165, 1.54) is 24.3 Å². The highest BCUT2D eigenvalue weighted by Crippen LogP contribution is 2.23. The van der Waals surface area contributed by atoms with Crippen LogP contribution in [0.5, 0.6) is 0 Å². The average Bonchev–Trinajstić information content (AvgIpc) is 2.76. The molecule has 0 N–H and O–H groups in total. The van der Waals surface area contributed by atoms with E-state index >= 15 is 0 Å². The lowest BCUT2D eigenvalue weighted by Gasteiger charge is -2.07. The maximum absolute atomic E-state index is 13.4. The maximum atomic E-state index is 13.4. The maximum Gasteiger partial charge on any atom is 0.129 e. The van der Waals surface area contributed by atoms with Crippen LogP contribution < -0.4 is 0 Å². The fourth-order valence-corrected chi connectivity index (χ4v) is 2.27. The van der Waals surface area contributed by atoms with Crippen LogP contribution in [0.2, 0.25) is 0 Å². The minimum atomic E-state index is -0.369. The van der Waals surface area contributed by atoms with Gasteiger partial charge in [-0.3, -0.25) is 4.57 Å². The summed E-state index contributed by atoms with van der Waals surface area (Å²) in [5.74, 6) is -0.0254. The first-order chi connectivity index (χ1) is 9.19. The third-order valence-corrected chi connectivity index (χ3v) is 3.11. The van der Waals surface area contributed by atoms with Crippen molar-refractivity contribution in [2.75, 3.05) is 0 Å². The topological polar surface area (TPSA) is 17.8 Å². The van der Waals surface area contributed by atoms with Crippen LogP contribution in [0.3, 0.4) is 0 Å². The number of aromatic nitrogens is 2. The molecule has 0 aliphatic rings. The first-order valence-corrected chi connectivity index (χ1v) is 6.21. The zero-order valence-corrected chi connectivity index (χ0v) is 10.5. The molecule has 0 spiro atoms. The fourth-order valence-electron chi connectivity index (χ4n) is 2.09. The zero-order valence-electron chi connectivity index (χ0n) is 9.78. The SMILES string of the molecule is Fc1cccc(-n2c(CCl)nc3ccc(F)cc32)c1. The number of hydrogen-bond acceptors (Lipinski definition) is 1. The van der Waals surface area contributed by atoms with E-state index in [0.717, 1.165) is 0 Å². The molecule has 3 aromatic rings. The van der Waals surface area contributed by atoms with E-state index in [-0.39, 0.29) is 17.5 Å². The van der Waals surface area contributed by atoms with Gasteiger partial charge in [-0.25, -0.2) is 13.8 Å². The highest BCUT2D eigenvalue weighted by atomic mass is 35.5. The number of rotatable bonds is 2. The predicted molar refractivity (Wildman–Crippen MR) is 70.5 cm³/mol. The summed E-state index contributed by atoms with van der Waals surface area (Å²) in [5.41, 5.74) is 1.77. The lowest BCUT2D eigenvalue weighted by Crippen LogP contribution is -1.99. The molecule has 5 heteroatoms. The Morgan fingerprint density at radius 3 is 2.58 bits per heavy atom. The summed E-state index contributed by atoms with van der Waals surface area (Å²) in [6, 6.07) is 10.3. The van der Waals surface area contributed by atoms with E-state index in [4.69, 9.17) is 11.6 Å². The second-order valence-electron chi connectivity index (χ2n) is 4.11. The van der Waals surface area contributed by atoms with Gasteiger partial charge in [-0.1, -0.05) is 6.07 Å². The molecule has 0 amide bonds. The normalized spacial score (nSPS) is 11.1. The van der Waals surface area contributed by atoms with Gasteiger partial charge in [0.15, 0.2) is 0 Å². The summed E-state index contributed by atoms with van der Waals surface area (Å²) in [7, 11) is 0. The van der Waals surface area contributed by atoms with Gasteiger partial charge in [0.05, 0.1) is 22.6 Å². The molecule has 0 aliphatic heterocycles. The Hall–Kier alpha value is -1.94. The standard InChI is InChI=1S/C14H9ClF2N2/c15-8-14-18-12-5-4-10(17)7-13(12)19(14)11-3-1-2-9(16)6-11/h1-7H,8H2. The Bertz CT molecular complexity index is 752. The number of imidazole rings is 1. The van der Waals surface area contributed by atoms with Crippen LogP contribution in [0.1, 0.15) is 5.82 Å². The molecule has 0 bridgehead atoms. The summed E-state index contributed by atoms with van der Waals surface area (Å²) >= 11 is 5.86. The second kappa shape index (κ2) is 4.63. The van der Waals surface area contributed by atoms with Crippen LogP contribution in [-0.2, 0) is 5.88 Å². The summed E-state index contributed by atoms with van der Waals surface area (Å²) in [5, 5.41) is 0. The Morgan fingerprint density at radius 2 is 1.84 bits per heavy atom. The van der Waals surface area contributed by atoms with E-state index in [2.05, 4.69) is 4.98 Å². The molecular formula is C14H9ClF2N2. The molecular weight excluding hydrogens is 270 g/mol. The van der Waals surface area contributed by atoms with Crippen LogP contribution >= 0.6 is 11.6 Å². The van der Waals surface area contributed by atoms with Crippen molar-refractivity contribution in [1.29, 1.82) is 0 Å². The molecule has 1 aromatic heterocycles. The Kier molecular flexibility index (Phi) is 2.95. The molecule has 0 unspecified atom stereocenters. The van der Waals surface area contributed by atoms with E-state index in [9.17, 15) is 8.78 Å². The van der Waals surface area contributed by atoms with Crippen molar-refractivity contribution in [2.45, 2.75) is 5.88 Å². The van der Waals surface area contributed by atoms with Gasteiger partial charge in [0.2, 0.25) is 0 Å². The summed E-state index contributed by atoms with van der Waals surface area (Å²) in [6.07, 6.45) is 0. The minimum absolute atomic E-state index is 0.160. The van der Waals surface area contributed by atoms with Gasteiger partial charge in [-0.05, 0) is 30.3 Å². The molecule has 19 heavy (non-hydrogen) atoms. The van der Waals surface area contributed by atoms with Crippen molar-refractivity contribution in [3.63, 3.8) is 0 Å². The number of halogens is 3. The molecule has 2 aromatic carbocycles. The summed E-state index contributed by atoms with van der Waals surface area (Å²) < 4.78 is 28.4. The Balaban J connectivity index is 2.34. The summed E-state index contributed by atoms with van der Waals surface area (Å²) in [4.78, 5) is 4.32. The van der Waals surface area contributed by atoms with Crippen LogP contribution in [0.25, 0.3) is 16.7 Å². The second-order valence-corrected chi connectivity index (χ2v) is 4.38. The molecule has 0 saturated heterocycles. The Morgan fingerprint density at radius 1 is 1.05 bits per heavy atom. The number of alkyl halides is 1. The van der Waals surface area contributed by atoms with Gasteiger partial charge < -0.3 is 0 Å². The van der Waals surface area contributed by atoms with Crippen molar-refractivity contribution in [2.24, 2.45) is 0 Å². The van der Waals surface area contributed by atoms with Crippen LogP contribution in [0.15, 0.2) is 42.5 Å². The molecule has 1 heterocycles. The van der Waals surface area contributed by atoms with Gasteiger partial charge in [0.25, 0.3) is 0 Å². The zero-order chi connectivity index (χ0) is 13.4. The average molecular weight is 279 g/mol. The third kappa shape index (κ3) is 2.08. The largest absolute Gasteiger partial charge is 0.295 e. The quantitative estimate of drug-likeness (QED) is 0.647. The predicted octanol–water partition coefficient (Wildman–Crippen LogP) is 4.04. The van der Waals surface area contributed by atoms with Gasteiger partial charge in [0.1, 0.15) is 17.5 Å². The number of fused-ring (bicyclic) bond motifs is 1. The lowest BCUT2D eigenvalue weighted by molar-refractivity contribution is 0.626. The smallest absolute Gasteiger partial charge is 0.129 e. The number of hydrogen-bond donors (Lipinski definition) is 0. The third-order valence-electron chi connectivity index (χ3n) is 2.87. The summed E-state index contributed by atoms with van der Waals surface area (Å²) in [6.45, 7) is 0. The number of nitrogens with zero attached hydrogens (tertiary/aromatic N) is 2. The van der Waals surface area contributed by atoms with E-state index in [1.54, 1.807) is 22.8 Å². The van der Waals surface area contributed by atoms with Gasteiger partial charge in [-0.2, -0.15) is 0 Å². The van der Waals surface area contributed by atoms with Gasteiger partial charge in [0, 0.05) is 6.07 Å². The molecule has 0 aliphatic carbocycles.